The summed E-state index contributed by atoms with van der Waals surface area (Å²) in [6.45, 7) is 1.31. The van der Waals surface area contributed by atoms with Gasteiger partial charge in [0.15, 0.2) is 0 Å². The molecule has 0 bridgehead atoms. The summed E-state index contributed by atoms with van der Waals surface area (Å²) in [5, 5.41) is 22.5. The zero-order valence-corrected chi connectivity index (χ0v) is 20.9. The molecule has 3 N–H and O–H groups in total. The van der Waals surface area contributed by atoms with E-state index in [2.05, 4.69) is 5.32 Å². The Morgan fingerprint density at radius 3 is 2.49 bits per heavy atom. The quantitative estimate of drug-likeness (QED) is 0.274. The molecule has 2 aliphatic carbocycles. The van der Waals surface area contributed by atoms with Crippen molar-refractivity contribution in [3.8, 4) is 0 Å². The van der Waals surface area contributed by atoms with Gasteiger partial charge in [-0.1, -0.05) is 30.9 Å². The average Bonchev–Trinajstić information content (AvgIpc) is 2.80. The Morgan fingerprint density at radius 2 is 1.92 bits per heavy atom. The van der Waals surface area contributed by atoms with Crippen LogP contribution in [0.3, 0.4) is 0 Å². The van der Waals surface area contributed by atoms with Crippen LogP contribution in [0, 0.1) is 11.7 Å². The van der Waals surface area contributed by atoms with Crippen molar-refractivity contribution in [3.05, 3.63) is 75.6 Å². The molecular weight excluding hydrogens is 509 g/mol. The van der Waals surface area contributed by atoms with Gasteiger partial charge in [-0.3, -0.25) is 10.0 Å². The van der Waals surface area contributed by atoms with E-state index in [1.54, 1.807) is 0 Å². The summed E-state index contributed by atoms with van der Waals surface area (Å²) in [6, 6.07) is 6.26. The van der Waals surface area contributed by atoms with E-state index < -0.39 is 41.2 Å². The highest BCUT2D eigenvalue weighted by molar-refractivity contribution is 6.31. The van der Waals surface area contributed by atoms with Gasteiger partial charge in [0.2, 0.25) is 17.8 Å². The monoisotopic (exact) mass is 535 g/mol. The van der Waals surface area contributed by atoms with Crippen molar-refractivity contribution in [3.63, 3.8) is 0 Å². The maximum Gasteiger partial charge on any atom is 0.338 e. The van der Waals surface area contributed by atoms with Crippen LogP contribution < -0.4 is 10.0 Å². The molecule has 1 aromatic heterocycles. The van der Waals surface area contributed by atoms with E-state index >= 15 is 0 Å². The number of rotatable bonds is 8. The lowest BCUT2D eigenvalue weighted by Crippen LogP contribution is -2.41. The number of nitrogens with one attached hydrogen (secondary N) is 1. The lowest BCUT2D eigenvalue weighted by atomic mass is 9.77. The van der Waals surface area contributed by atoms with Crippen LogP contribution in [-0.2, 0) is 4.79 Å². The number of amides is 1. The van der Waals surface area contributed by atoms with Gasteiger partial charge in [-0.05, 0) is 61.9 Å². The SMILES string of the molecule is CC(F)C1=C(c2ccc(C(CC3CCC3)C(=O)Nc3ccc(C(=O)O)c(F)c3)[n+](O)c2)C(F)=C(Cl)CC1. The molecule has 196 valence electrons. The lowest BCUT2D eigenvalue weighted by Gasteiger charge is -2.28. The Labute approximate surface area is 217 Å². The van der Waals surface area contributed by atoms with Crippen LogP contribution in [0.2, 0.25) is 0 Å². The summed E-state index contributed by atoms with van der Waals surface area (Å²) in [7, 11) is 0. The first-order valence-electron chi connectivity index (χ1n) is 12.1. The van der Waals surface area contributed by atoms with E-state index in [0.717, 1.165) is 36.1 Å². The van der Waals surface area contributed by atoms with Crippen LogP contribution in [0.5, 0.6) is 0 Å². The predicted octanol–water partition coefficient (Wildman–Crippen LogP) is 6.29. The van der Waals surface area contributed by atoms with Gasteiger partial charge in [-0.2, -0.15) is 0 Å². The van der Waals surface area contributed by atoms with Gasteiger partial charge in [-0.25, -0.2) is 18.0 Å². The van der Waals surface area contributed by atoms with Gasteiger partial charge in [0.1, 0.15) is 23.7 Å². The molecule has 0 spiro atoms. The number of aromatic nitrogens is 1. The lowest BCUT2D eigenvalue weighted by molar-refractivity contribution is -0.910. The maximum atomic E-state index is 14.9. The molecule has 0 saturated heterocycles. The van der Waals surface area contributed by atoms with Crippen molar-refractivity contribution < 1.29 is 37.8 Å². The van der Waals surface area contributed by atoms with Crippen molar-refractivity contribution >= 4 is 34.7 Å². The molecule has 2 atom stereocenters. The summed E-state index contributed by atoms with van der Waals surface area (Å²) in [6.07, 6.45) is 3.54. The smallest absolute Gasteiger partial charge is 0.338 e. The number of carboxylic acid groups (broad SMARTS) is 1. The highest BCUT2D eigenvalue weighted by Crippen LogP contribution is 2.41. The van der Waals surface area contributed by atoms with Crippen molar-refractivity contribution in [2.45, 2.75) is 57.5 Å². The summed E-state index contributed by atoms with van der Waals surface area (Å²) >= 11 is 6.01. The Kier molecular flexibility index (Phi) is 7.92. The van der Waals surface area contributed by atoms with Crippen molar-refractivity contribution in [1.29, 1.82) is 0 Å². The second-order valence-corrected chi connectivity index (χ2v) is 9.95. The van der Waals surface area contributed by atoms with Gasteiger partial charge in [0.05, 0.1) is 16.2 Å². The van der Waals surface area contributed by atoms with Gasteiger partial charge in [0.25, 0.3) is 0 Å². The van der Waals surface area contributed by atoms with E-state index in [-0.39, 0.29) is 51.9 Å². The third kappa shape index (κ3) is 5.66. The fourth-order valence-corrected chi connectivity index (χ4v) is 5.00. The molecule has 1 aromatic carbocycles. The summed E-state index contributed by atoms with van der Waals surface area (Å²) in [5.74, 6) is -4.26. The average molecular weight is 536 g/mol. The molecule has 4 rings (SSSR count). The molecule has 1 fully saturated rings. The first kappa shape index (κ1) is 26.7. The zero-order chi connectivity index (χ0) is 26.9. The number of pyridine rings is 1. The number of benzene rings is 1. The summed E-state index contributed by atoms with van der Waals surface area (Å²) in [4.78, 5) is 24.3. The molecule has 1 saturated carbocycles. The van der Waals surface area contributed by atoms with Gasteiger partial charge in [-0.15, -0.1) is 0 Å². The number of anilines is 1. The fourth-order valence-electron chi connectivity index (χ4n) is 4.81. The van der Waals surface area contributed by atoms with Gasteiger partial charge in [0, 0.05) is 22.1 Å². The third-order valence-electron chi connectivity index (χ3n) is 7.06. The number of nitrogens with zero attached hydrogens (tertiary/aromatic N) is 1. The number of aromatic carboxylic acids is 1. The Hall–Kier alpha value is -3.33. The molecule has 0 radical (unpaired) electrons. The zero-order valence-electron chi connectivity index (χ0n) is 20.1. The molecule has 2 aliphatic rings. The van der Waals surface area contributed by atoms with E-state index in [1.807, 2.05) is 0 Å². The van der Waals surface area contributed by atoms with Gasteiger partial charge >= 0.3 is 5.97 Å². The normalized spacial score (nSPS) is 17.9. The van der Waals surface area contributed by atoms with E-state index in [0.29, 0.717) is 6.42 Å². The number of carboxylic acids is 1. The molecule has 2 aromatic rings. The molecule has 1 heterocycles. The maximum absolute atomic E-state index is 14.9. The number of carbonyl (C=O) groups excluding carboxylic acids is 1. The molecule has 1 amide bonds. The minimum atomic E-state index is -1.43. The van der Waals surface area contributed by atoms with E-state index in [1.165, 1.54) is 31.3 Å². The van der Waals surface area contributed by atoms with Gasteiger partial charge < -0.3 is 10.4 Å². The van der Waals surface area contributed by atoms with Crippen LogP contribution in [0.15, 0.2) is 53.0 Å². The second-order valence-electron chi connectivity index (χ2n) is 9.50. The molecule has 6 nitrogen and oxygen atoms in total. The van der Waals surface area contributed by atoms with Crippen LogP contribution >= 0.6 is 11.6 Å². The second kappa shape index (κ2) is 11.0. The molecule has 0 aliphatic heterocycles. The number of hydrogen-bond acceptors (Lipinski definition) is 3. The van der Waals surface area contributed by atoms with Crippen LogP contribution in [0.4, 0.5) is 18.9 Å². The Morgan fingerprint density at radius 1 is 1.19 bits per heavy atom. The first-order valence-corrected chi connectivity index (χ1v) is 12.4. The number of allylic oxidation sites excluding steroid dienone is 4. The Balaban J connectivity index is 1.66. The molecule has 2 unspecified atom stereocenters. The molecular formula is C27H27ClF3N2O4+. The number of hydrogen-bond donors (Lipinski definition) is 3. The summed E-state index contributed by atoms with van der Waals surface area (Å²) in [5.41, 5.74) is 0.226. The summed E-state index contributed by atoms with van der Waals surface area (Å²) < 4.78 is 44.1. The fraction of sp³-hybridized carbons (Fsp3) is 0.370. The third-order valence-corrected chi connectivity index (χ3v) is 7.41. The highest BCUT2D eigenvalue weighted by Gasteiger charge is 2.36. The van der Waals surface area contributed by atoms with Crippen LogP contribution in [0.25, 0.3) is 5.57 Å². The topological polar surface area (TPSA) is 90.5 Å². The minimum Gasteiger partial charge on any atom is -0.478 e. The largest absolute Gasteiger partial charge is 0.478 e. The Bertz CT molecular complexity index is 1300. The molecule has 37 heavy (non-hydrogen) atoms. The standard InChI is InChI=1S/C27H26ClF3N2O4/c1-14(29)18-8-9-21(28)25(31)24(18)16-5-10-23(33(37)13-16)20(11-15-3-2-4-15)26(34)32-17-6-7-19(27(35)36)22(30)12-17/h5-7,10,12-15,20H,2-4,8-9,11H2,1H3,(H2-,32,34,35,36,37)/p+1. The number of carbonyl (C=O) groups is 2. The van der Waals surface area contributed by atoms with E-state index in [9.17, 15) is 28.0 Å². The van der Waals surface area contributed by atoms with Crippen molar-refractivity contribution in [1.82, 2.24) is 0 Å². The van der Waals surface area contributed by atoms with Crippen molar-refractivity contribution in [2.75, 3.05) is 5.32 Å². The predicted molar refractivity (Wildman–Crippen MR) is 131 cm³/mol. The number of halogens is 4. The molecule has 10 heteroatoms. The minimum absolute atomic E-state index is 0.00501. The van der Waals surface area contributed by atoms with Crippen molar-refractivity contribution in [2.24, 2.45) is 5.92 Å². The van der Waals surface area contributed by atoms with Crippen LogP contribution in [-0.4, -0.2) is 28.4 Å². The van der Waals surface area contributed by atoms with E-state index in [4.69, 9.17) is 16.7 Å². The first-order chi connectivity index (χ1) is 17.6. The highest BCUT2D eigenvalue weighted by atomic mass is 35.5. The van der Waals surface area contributed by atoms with Crippen LogP contribution in [0.1, 0.15) is 73.0 Å². The number of alkyl halides is 1.